The third kappa shape index (κ3) is 1.79. The number of nitrogen functional groups attached to an aromatic ring is 1. The summed E-state index contributed by atoms with van der Waals surface area (Å²) in [6.45, 7) is 0.818. The van der Waals surface area contributed by atoms with Crippen LogP contribution in [0.15, 0.2) is 4.42 Å². The molecule has 1 saturated carbocycles. The molecule has 0 saturated heterocycles. The summed E-state index contributed by atoms with van der Waals surface area (Å²) in [5.74, 6) is 0.517. The number of hydrogen-bond donors (Lipinski definition) is 2. The van der Waals surface area contributed by atoms with Crippen LogP contribution in [0.1, 0.15) is 12.8 Å². The minimum absolute atomic E-state index is 0.0838. The topological polar surface area (TPSA) is 88.4 Å². The van der Waals surface area contributed by atoms with Gasteiger partial charge >= 0.3 is 12.0 Å². The zero-order chi connectivity index (χ0) is 10.1. The molecule has 14 heavy (non-hydrogen) atoms. The van der Waals surface area contributed by atoms with E-state index in [2.05, 4.69) is 10.2 Å². The van der Waals surface area contributed by atoms with E-state index in [0.29, 0.717) is 11.9 Å². The summed E-state index contributed by atoms with van der Waals surface area (Å²) in [4.78, 5) is 1.86. The lowest BCUT2D eigenvalue weighted by molar-refractivity contribution is 0.0461. The molecule has 0 bridgehead atoms. The molecule has 1 heterocycles. The van der Waals surface area contributed by atoms with Gasteiger partial charge in [0, 0.05) is 13.6 Å². The average Bonchev–Trinajstić information content (AvgIpc) is 2.49. The molecule has 3 N–H and O–H groups in total. The summed E-state index contributed by atoms with van der Waals surface area (Å²) in [6.07, 6.45) is 1.59. The Hall–Kier alpha value is -1.30. The van der Waals surface area contributed by atoms with E-state index in [9.17, 15) is 0 Å². The highest BCUT2D eigenvalue weighted by Crippen LogP contribution is 2.28. The van der Waals surface area contributed by atoms with Crippen LogP contribution in [0.3, 0.4) is 0 Å². The summed E-state index contributed by atoms with van der Waals surface area (Å²) in [5, 5.41) is 16.5. The number of nitrogens with two attached hydrogens (primary N) is 1. The smallest absolute Gasteiger partial charge is 0.319 e. The lowest BCUT2D eigenvalue weighted by Gasteiger charge is -2.33. The van der Waals surface area contributed by atoms with Crippen LogP contribution >= 0.6 is 0 Å². The van der Waals surface area contributed by atoms with Crippen LogP contribution in [-0.2, 0) is 0 Å². The molecule has 1 aromatic heterocycles. The number of nitrogens with zero attached hydrogens (tertiary/aromatic N) is 3. The lowest BCUT2D eigenvalue weighted by atomic mass is 9.82. The molecular weight excluding hydrogens is 184 g/mol. The second kappa shape index (κ2) is 3.45. The van der Waals surface area contributed by atoms with Gasteiger partial charge in [0.25, 0.3) is 0 Å². The molecule has 1 aliphatic rings. The summed E-state index contributed by atoms with van der Waals surface area (Å²) >= 11 is 0. The number of aliphatic hydroxyl groups is 1. The molecule has 0 aliphatic heterocycles. The summed E-state index contributed by atoms with van der Waals surface area (Å²) < 4.78 is 5.06. The van der Waals surface area contributed by atoms with Crippen molar-refractivity contribution < 1.29 is 9.52 Å². The largest absolute Gasteiger partial charge is 0.393 e. The van der Waals surface area contributed by atoms with Gasteiger partial charge in [-0.3, -0.25) is 0 Å². The van der Waals surface area contributed by atoms with Gasteiger partial charge < -0.3 is 20.2 Å². The zero-order valence-electron chi connectivity index (χ0n) is 8.05. The molecule has 1 fully saturated rings. The van der Waals surface area contributed by atoms with Crippen molar-refractivity contribution in [2.24, 2.45) is 5.92 Å². The lowest BCUT2D eigenvalue weighted by Crippen LogP contribution is -2.37. The van der Waals surface area contributed by atoms with Gasteiger partial charge in [-0.15, -0.1) is 0 Å². The summed E-state index contributed by atoms with van der Waals surface area (Å²) in [6, 6.07) is 0.518. The van der Waals surface area contributed by atoms with Crippen molar-refractivity contribution in [3.63, 3.8) is 0 Å². The second-order valence-electron chi connectivity index (χ2n) is 3.79. The van der Waals surface area contributed by atoms with E-state index >= 15 is 0 Å². The molecule has 0 atom stereocenters. The van der Waals surface area contributed by atoms with Crippen molar-refractivity contribution in [2.45, 2.75) is 18.9 Å². The van der Waals surface area contributed by atoms with Crippen molar-refractivity contribution in [1.82, 2.24) is 10.2 Å². The number of aliphatic hydroxyl groups excluding tert-OH is 1. The van der Waals surface area contributed by atoms with Gasteiger partial charge in [0.15, 0.2) is 0 Å². The minimum atomic E-state index is -0.124. The Morgan fingerprint density at radius 1 is 1.57 bits per heavy atom. The quantitative estimate of drug-likeness (QED) is 0.702. The third-order valence-corrected chi connectivity index (χ3v) is 2.50. The predicted molar refractivity (Wildman–Crippen MR) is 50.7 cm³/mol. The maximum atomic E-state index is 9.12. The van der Waals surface area contributed by atoms with Crippen LogP contribution in [0, 0.1) is 5.92 Å². The highest BCUT2D eigenvalue weighted by molar-refractivity contribution is 5.26. The van der Waals surface area contributed by atoms with Crippen LogP contribution in [0.4, 0.5) is 12.0 Å². The van der Waals surface area contributed by atoms with Gasteiger partial charge in [0.2, 0.25) is 0 Å². The van der Waals surface area contributed by atoms with E-state index in [-0.39, 0.29) is 12.1 Å². The molecule has 1 aliphatic carbocycles. The normalized spacial score (nSPS) is 25.9. The van der Waals surface area contributed by atoms with E-state index < -0.39 is 0 Å². The Morgan fingerprint density at radius 3 is 2.79 bits per heavy atom. The highest BCUT2D eigenvalue weighted by atomic mass is 16.4. The van der Waals surface area contributed by atoms with Crippen molar-refractivity contribution in [2.75, 3.05) is 24.2 Å². The average molecular weight is 198 g/mol. The Morgan fingerprint density at radius 2 is 2.29 bits per heavy atom. The fraction of sp³-hybridized carbons (Fsp3) is 0.750. The van der Waals surface area contributed by atoms with E-state index in [1.165, 1.54) is 0 Å². The Kier molecular flexibility index (Phi) is 2.28. The molecule has 0 aromatic carbocycles. The maximum absolute atomic E-state index is 9.12. The van der Waals surface area contributed by atoms with Crippen LogP contribution < -0.4 is 10.6 Å². The second-order valence-corrected chi connectivity index (χ2v) is 3.79. The first-order valence-corrected chi connectivity index (χ1v) is 4.63. The van der Waals surface area contributed by atoms with Gasteiger partial charge in [-0.1, -0.05) is 10.2 Å². The molecule has 78 valence electrons. The summed E-state index contributed by atoms with van der Waals surface area (Å²) in [5.41, 5.74) is 5.31. The van der Waals surface area contributed by atoms with Gasteiger partial charge in [-0.05, 0) is 18.8 Å². The fourth-order valence-electron chi connectivity index (χ4n) is 1.70. The Labute approximate surface area is 81.7 Å². The van der Waals surface area contributed by atoms with E-state index in [1.54, 1.807) is 0 Å². The predicted octanol–water partition coefficient (Wildman–Crippen LogP) is -0.141. The molecule has 6 heteroatoms. The first-order valence-electron chi connectivity index (χ1n) is 4.63. The van der Waals surface area contributed by atoms with Crippen molar-refractivity contribution >= 4 is 12.0 Å². The van der Waals surface area contributed by atoms with E-state index in [0.717, 1.165) is 19.4 Å². The number of rotatable bonds is 3. The van der Waals surface area contributed by atoms with Crippen molar-refractivity contribution in [3.05, 3.63) is 0 Å². The molecular formula is C8H14N4O2. The van der Waals surface area contributed by atoms with Crippen LogP contribution in [0.25, 0.3) is 0 Å². The molecule has 0 amide bonds. The number of aromatic nitrogens is 2. The van der Waals surface area contributed by atoms with Gasteiger partial charge in [-0.25, -0.2) is 0 Å². The number of anilines is 2. The molecule has 0 spiro atoms. The zero-order valence-corrected chi connectivity index (χ0v) is 8.05. The van der Waals surface area contributed by atoms with Crippen LogP contribution in [0.5, 0.6) is 0 Å². The molecule has 0 unspecified atom stereocenters. The maximum Gasteiger partial charge on any atom is 0.319 e. The fourth-order valence-corrected chi connectivity index (χ4v) is 1.70. The highest BCUT2D eigenvalue weighted by Gasteiger charge is 2.28. The molecule has 0 radical (unpaired) electrons. The first kappa shape index (κ1) is 9.26. The van der Waals surface area contributed by atoms with Crippen LogP contribution in [-0.4, -0.2) is 35.0 Å². The minimum Gasteiger partial charge on any atom is -0.393 e. The standard InChI is InChI=1S/C8H14N4O2/c1-12(4-5-2-6(13)3-5)8-11-10-7(9)14-8/h5-6,13H,2-4H2,1H3,(H2,9,10). The SMILES string of the molecule is CN(CC1CC(O)C1)c1nnc(N)o1. The Balaban J connectivity index is 1.86. The molecule has 6 nitrogen and oxygen atoms in total. The van der Waals surface area contributed by atoms with Gasteiger partial charge in [0.1, 0.15) is 0 Å². The van der Waals surface area contributed by atoms with Crippen molar-refractivity contribution in [3.8, 4) is 0 Å². The Bertz CT molecular complexity index is 308. The monoisotopic (exact) mass is 198 g/mol. The van der Waals surface area contributed by atoms with Crippen LogP contribution in [0.2, 0.25) is 0 Å². The third-order valence-electron chi connectivity index (χ3n) is 2.50. The van der Waals surface area contributed by atoms with E-state index in [1.807, 2.05) is 11.9 Å². The van der Waals surface area contributed by atoms with E-state index in [4.69, 9.17) is 15.3 Å². The van der Waals surface area contributed by atoms with Gasteiger partial charge in [-0.2, -0.15) is 0 Å². The van der Waals surface area contributed by atoms with Gasteiger partial charge in [0.05, 0.1) is 6.10 Å². The number of hydrogen-bond acceptors (Lipinski definition) is 6. The van der Waals surface area contributed by atoms with Crippen molar-refractivity contribution in [1.29, 1.82) is 0 Å². The molecule has 2 rings (SSSR count). The molecule has 1 aromatic rings. The summed E-state index contributed by atoms with van der Waals surface area (Å²) in [7, 11) is 1.87. The first-order chi connectivity index (χ1) is 6.65.